The summed E-state index contributed by atoms with van der Waals surface area (Å²) in [5, 5.41) is 2.04. The van der Waals surface area contributed by atoms with Gasteiger partial charge in [0.2, 0.25) is 5.71 Å². The molecule has 1 radical (unpaired) electrons. The van der Waals surface area contributed by atoms with Crippen LogP contribution in [0.4, 0.5) is 0 Å². The molecule has 4 heterocycles. The molecular formula is C53H60GeIrN4O-2. The van der Waals surface area contributed by atoms with Gasteiger partial charge in [0.25, 0.3) is 0 Å². The second-order valence-electron chi connectivity index (χ2n) is 18.8. The average molecular weight is 1040 g/mol. The van der Waals surface area contributed by atoms with Crippen molar-refractivity contribution in [1.82, 2.24) is 19.5 Å². The summed E-state index contributed by atoms with van der Waals surface area (Å²) in [6.45, 7) is 21.5. The fourth-order valence-electron chi connectivity index (χ4n) is 7.78. The maximum Gasteiger partial charge on any atom is 0 e. The number of para-hydroxylation sites is 3. The van der Waals surface area contributed by atoms with Crippen molar-refractivity contribution in [2.45, 2.75) is 110 Å². The van der Waals surface area contributed by atoms with Crippen LogP contribution >= 0.6 is 0 Å². The molecule has 4 aromatic carbocycles. The minimum absolute atomic E-state index is 0. The quantitative estimate of drug-likeness (QED) is 0.112. The molecule has 5 nitrogen and oxygen atoms in total. The third-order valence-electron chi connectivity index (χ3n) is 10.9. The molecule has 0 aliphatic carbocycles. The summed E-state index contributed by atoms with van der Waals surface area (Å²) < 4.78 is 27.2. The van der Waals surface area contributed by atoms with E-state index in [-0.39, 0.29) is 31.4 Å². The summed E-state index contributed by atoms with van der Waals surface area (Å²) >= 11 is -2.25. The summed E-state index contributed by atoms with van der Waals surface area (Å²) in [6, 6.07) is 38.0. The van der Waals surface area contributed by atoms with Gasteiger partial charge in [0.1, 0.15) is 0 Å². The van der Waals surface area contributed by atoms with Gasteiger partial charge in [0, 0.05) is 36.9 Å². The summed E-state index contributed by atoms with van der Waals surface area (Å²) in [6.07, 6.45) is 0.565. The number of benzene rings is 4. The number of furan rings is 1. The Bertz CT molecular complexity index is 2850. The maximum absolute atomic E-state index is 8.70. The van der Waals surface area contributed by atoms with Crippen LogP contribution in [-0.2, 0) is 31.9 Å². The van der Waals surface area contributed by atoms with E-state index in [1.165, 1.54) is 22.4 Å². The molecule has 0 saturated carbocycles. The Morgan fingerprint density at radius 3 is 2.13 bits per heavy atom. The van der Waals surface area contributed by atoms with Gasteiger partial charge in [-0.3, -0.25) is 4.98 Å². The Hall–Kier alpha value is -4.36. The summed E-state index contributed by atoms with van der Waals surface area (Å²) in [4.78, 5) is 14.5. The van der Waals surface area contributed by atoms with Crippen molar-refractivity contribution in [3.8, 4) is 28.3 Å². The van der Waals surface area contributed by atoms with Gasteiger partial charge in [-0.1, -0.05) is 69.0 Å². The molecule has 0 aliphatic rings. The summed E-state index contributed by atoms with van der Waals surface area (Å²) in [5.41, 5.74) is 12.9. The van der Waals surface area contributed by atoms with Crippen LogP contribution in [0.2, 0.25) is 17.3 Å². The molecule has 0 bridgehead atoms. The standard InChI is InChI=1S/C31H28N3O.C22H32GeN.Ir/c1-18(2)21-10-8-11-22(19(3)4)28(21)34-27-15-7-6-14-26(27)33-30(34)25-13-9-12-23-24-17-16-20(5)32-31(24)35-29(23)25;1-16(2)12-18-14-21(24-15-20(18)23(6,7)8)17-10-9-11-19(13-17)22(3,4)5;/h6-12,14-19H,1-5H3;9,11,13-16H,12H2,1-8H3;/q2*-1;/i;12D2;. The Morgan fingerprint density at radius 1 is 0.800 bits per heavy atom. The third-order valence-corrected chi connectivity index (χ3v) is 15.1. The average Bonchev–Trinajstić information content (AvgIpc) is 3.78. The van der Waals surface area contributed by atoms with Gasteiger partial charge in [0.15, 0.2) is 0 Å². The van der Waals surface area contributed by atoms with E-state index in [9.17, 15) is 0 Å². The van der Waals surface area contributed by atoms with Crippen molar-refractivity contribution >= 4 is 50.8 Å². The second kappa shape index (κ2) is 17.9. The number of aryl methyl sites for hydroxylation is 1. The van der Waals surface area contributed by atoms with Crippen LogP contribution in [0.15, 0.2) is 102 Å². The van der Waals surface area contributed by atoms with Crippen LogP contribution < -0.4 is 4.40 Å². The van der Waals surface area contributed by atoms with Crippen molar-refractivity contribution < 1.29 is 27.3 Å². The van der Waals surface area contributed by atoms with Gasteiger partial charge in [0.05, 0.1) is 22.4 Å². The van der Waals surface area contributed by atoms with E-state index in [0.717, 1.165) is 65.7 Å². The monoisotopic (exact) mass is 1040 g/mol. The normalized spacial score (nSPS) is 12.9. The van der Waals surface area contributed by atoms with E-state index in [4.69, 9.17) is 17.1 Å². The first-order chi connectivity index (χ1) is 28.7. The zero-order chi connectivity index (χ0) is 44.2. The van der Waals surface area contributed by atoms with E-state index in [2.05, 4.69) is 148 Å². The molecule has 7 heteroatoms. The largest absolute Gasteiger partial charge is 0 e. The van der Waals surface area contributed by atoms with Crippen LogP contribution in [0, 0.1) is 25.0 Å². The van der Waals surface area contributed by atoms with Crippen molar-refractivity contribution in [3.05, 3.63) is 137 Å². The summed E-state index contributed by atoms with van der Waals surface area (Å²) in [7, 11) is 0. The van der Waals surface area contributed by atoms with Crippen molar-refractivity contribution in [1.29, 1.82) is 0 Å². The predicted molar refractivity (Wildman–Crippen MR) is 252 cm³/mol. The van der Waals surface area contributed by atoms with Crippen LogP contribution in [0.1, 0.15) is 105 Å². The minimum atomic E-state index is -2.25. The Labute approximate surface area is 377 Å². The number of rotatable bonds is 8. The van der Waals surface area contributed by atoms with Gasteiger partial charge >= 0.3 is 154 Å². The zero-order valence-corrected chi connectivity index (χ0v) is 42.0. The number of imidazole rings is 1. The smallest absolute Gasteiger partial charge is 0 e. The Morgan fingerprint density at radius 2 is 1.48 bits per heavy atom. The first-order valence-corrected chi connectivity index (χ1v) is 28.4. The molecule has 0 fully saturated rings. The van der Waals surface area contributed by atoms with Crippen molar-refractivity contribution in [3.63, 3.8) is 0 Å². The van der Waals surface area contributed by atoms with E-state index < -0.39 is 19.6 Å². The SMILES string of the molecule is Cc1ccc2c(n1)oc1c(-c3nc4ccccc4n3-c3c(C(C)C)cccc3C(C)C)[c-]ccc12.[2H]C([2H])(c1cc(-c2[c-]ccc(C(C)(C)C)c2)nc[c]1[Ge]([CH3])([CH3])[CH3])C(C)C.[Ir]. The fraction of sp³-hybridized carbons (Fsp3) is 0.340. The first-order valence-electron chi connectivity index (χ1n) is 22.0. The molecule has 0 N–H and O–H groups in total. The van der Waals surface area contributed by atoms with Gasteiger partial charge in [-0.2, -0.15) is 0 Å². The summed E-state index contributed by atoms with van der Waals surface area (Å²) in [5.74, 6) is 8.34. The van der Waals surface area contributed by atoms with Crippen LogP contribution in [0.5, 0.6) is 0 Å². The molecule has 8 aromatic rings. The molecule has 0 spiro atoms. The third kappa shape index (κ3) is 9.27. The topological polar surface area (TPSA) is 56.7 Å². The number of fused-ring (bicyclic) bond motifs is 4. The van der Waals surface area contributed by atoms with Crippen LogP contribution in [0.3, 0.4) is 0 Å². The molecule has 0 saturated heterocycles. The fourth-order valence-corrected chi connectivity index (χ4v) is 10.7. The second-order valence-corrected chi connectivity index (χ2v) is 29.3. The van der Waals surface area contributed by atoms with E-state index in [1.54, 1.807) is 0 Å². The van der Waals surface area contributed by atoms with Crippen LogP contribution in [0.25, 0.3) is 61.4 Å². The Kier molecular flexibility index (Phi) is 12.7. The van der Waals surface area contributed by atoms with E-state index >= 15 is 0 Å². The van der Waals surface area contributed by atoms with Gasteiger partial charge in [-0.05, 0) is 54.2 Å². The number of hydrogen-bond donors (Lipinski definition) is 0. The molecule has 4 aromatic heterocycles. The minimum Gasteiger partial charge on any atom is 0 e. The molecule has 0 atom stereocenters. The molecule has 0 amide bonds. The molecule has 60 heavy (non-hydrogen) atoms. The number of nitrogens with zero attached hydrogens (tertiary/aromatic N) is 4. The maximum atomic E-state index is 8.70. The molecule has 313 valence electrons. The van der Waals surface area contributed by atoms with Crippen molar-refractivity contribution in [2.75, 3.05) is 0 Å². The molecule has 8 rings (SSSR count). The van der Waals surface area contributed by atoms with Gasteiger partial charge in [-0.25, -0.2) is 4.98 Å². The van der Waals surface area contributed by atoms with Gasteiger partial charge < -0.3 is 8.98 Å². The molecule has 0 aliphatic heterocycles. The number of pyridine rings is 2. The van der Waals surface area contributed by atoms with Crippen molar-refractivity contribution in [2.24, 2.45) is 5.92 Å². The van der Waals surface area contributed by atoms with E-state index in [1.807, 2.05) is 57.3 Å². The number of aromatic nitrogens is 4. The zero-order valence-electron chi connectivity index (χ0n) is 39.5. The van der Waals surface area contributed by atoms with E-state index in [0.29, 0.717) is 17.5 Å². The molecular weight excluding hydrogens is 973 g/mol. The number of hydrogen-bond acceptors (Lipinski definition) is 4. The first kappa shape index (κ1) is 42.3. The van der Waals surface area contributed by atoms with Gasteiger partial charge in [-0.15, -0.1) is 18.2 Å². The molecule has 0 unspecified atom stereocenters. The Balaban J connectivity index is 0.000000214. The predicted octanol–water partition coefficient (Wildman–Crippen LogP) is 13.9. The van der Waals surface area contributed by atoms with Crippen LogP contribution in [-0.4, -0.2) is 32.8 Å².